The van der Waals surface area contributed by atoms with Crippen LogP contribution in [0.4, 0.5) is 11.6 Å². The summed E-state index contributed by atoms with van der Waals surface area (Å²) in [7, 11) is 0. The Labute approximate surface area is 156 Å². The molecule has 1 aliphatic rings. The van der Waals surface area contributed by atoms with Crippen molar-refractivity contribution in [2.24, 2.45) is 5.92 Å². The molecule has 2 N–H and O–H groups in total. The van der Waals surface area contributed by atoms with E-state index in [1.165, 1.54) is 11.1 Å². The van der Waals surface area contributed by atoms with Gasteiger partial charge >= 0.3 is 0 Å². The van der Waals surface area contributed by atoms with Gasteiger partial charge in [0, 0.05) is 24.6 Å². The molecule has 0 radical (unpaired) electrons. The number of hydrogen-bond donors (Lipinski definition) is 2. The van der Waals surface area contributed by atoms with Crippen LogP contribution >= 0.6 is 0 Å². The predicted octanol–water partition coefficient (Wildman–Crippen LogP) is 3.51. The van der Waals surface area contributed by atoms with E-state index >= 15 is 0 Å². The van der Waals surface area contributed by atoms with Crippen molar-refractivity contribution in [1.29, 1.82) is 0 Å². The third-order valence-corrected chi connectivity index (χ3v) is 5.18. The van der Waals surface area contributed by atoms with Gasteiger partial charge in [0.2, 0.25) is 0 Å². The number of benzene rings is 1. The van der Waals surface area contributed by atoms with Crippen molar-refractivity contribution < 1.29 is 5.11 Å². The van der Waals surface area contributed by atoms with E-state index in [0.717, 1.165) is 30.5 Å². The zero-order valence-corrected chi connectivity index (χ0v) is 16.5. The SMILES string of the molecule is Cc1nc(N[C@@H](CO)C(C)C)cc(N2Cc3ccccc3C(C)(C)C2)n1. The molecule has 0 amide bonds. The zero-order chi connectivity index (χ0) is 18.9. The molecular formula is C21H30N4O. The van der Waals surface area contributed by atoms with E-state index in [2.05, 4.69) is 72.1 Å². The number of anilines is 2. The van der Waals surface area contributed by atoms with Gasteiger partial charge in [0.05, 0.1) is 12.6 Å². The lowest BCUT2D eigenvalue weighted by Crippen LogP contribution is -2.42. The summed E-state index contributed by atoms with van der Waals surface area (Å²) in [6.07, 6.45) is 0. The topological polar surface area (TPSA) is 61.3 Å². The lowest BCUT2D eigenvalue weighted by Gasteiger charge is -2.40. The fourth-order valence-electron chi connectivity index (χ4n) is 3.71. The Morgan fingerprint density at radius 1 is 1.23 bits per heavy atom. The van der Waals surface area contributed by atoms with Crippen molar-refractivity contribution in [3.8, 4) is 0 Å². The molecule has 0 aliphatic carbocycles. The lowest BCUT2D eigenvalue weighted by molar-refractivity contribution is 0.249. The second-order valence-electron chi connectivity index (χ2n) is 8.23. The van der Waals surface area contributed by atoms with Gasteiger partial charge in [-0.25, -0.2) is 9.97 Å². The van der Waals surface area contributed by atoms with Gasteiger partial charge in [0.15, 0.2) is 0 Å². The number of nitrogens with zero attached hydrogens (tertiary/aromatic N) is 3. The maximum Gasteiger partial charge on any atom is 0.134 e. The standard InChI is InChI=1S/C21H30N4O/c1-14(2)18(12-26)24-19-10-20(23-15(3)22-19)25-11-16-8-6-7-9-17(16)21(4,5)13-25/h6-10,14,18,26H,11-13H2,1-5H3,(H,22,23,24)/t18-/m0/s1. The monoisotopic (exact) mass is 354 g/mol. The summed E-state index contributed by atoms with van der Waals surface area (Å²) >= 11 is 0. The van der Waals surface area contributed by atoms with Gasteiger partial charge in [0.1, 0.15) is 17.5 Å². The van der Waals surface area contributed by atoms with Crippen LogP contribution in [0.1, 0.15) is 44.6 Å². The van der Waals surface area contributed by atoms with E-state index in [9.17, 15) is 5.11 Å². The molecule has 26 heavy (non-hydrogen) atoms. The fraction of sp³-hybridized carbons (Fsp3) is 0.524. The van der Waals surface area contributed by atoms with Crippen LogP contribution < -0.4 is 10.2 Å². The molecule has 0 saturated carbocycles. The summed E-state index contributed by atoms with van der Waals surface area (Å²) in [5.41, 5.74) is 2.83. The molecule has 0 bridgehead atoms. The predicted molar refractivity (Wildman–Crippen MR) is 107 cm³/mol. The van der Waals surface area contributed by atoms with Crippen LogP contribution in [-0.4, -0.2) is 34.3 Å². The van der Waals surface area contributed by atoms with Gasteiger partial charge in [-0.1, -0.05) is 52.0 Å². The zero-order valence-electron chi connectivity index (χ0n) is 16.5. The largest absolute Gasteiger partial charge is 0.394 e. The highest BCUT2D eigenvalue weighted by Gasteiger charge is 2.32. The van der Waals surface area contributed by atoms with Crippen molar-refractivity contribution >= 4 is 11.6 Å². The molecule has 3 rings (SSSR count). The first-order chi connectivity index (χ1) is 12.3. The average molecular weight is 354 g/mol. The van der Waals surface area contributed by atoms with Crippen LogP contribution in [0.25, 0.3) is 0 Å². The summed E-state index contributed by atoms with van der Waals surface area (Å²) in [6.45, 7) is 12.5. The molecule has 0 fully saturated rings. The molecule has 5 nitrogen and oxygen atoms in total. The van der Waals surface area contributed by atoms with Crippen LogP contribution in [0.3, 0.4) is 0 Å². The van der Waals surface area contributed by atoms with Gasteiger partial charge in [-0.05, 0) is 24.0 Å². The van der Waals surface area contributed by atoms with E-state index in [0.29, 0.717) is 5.92 Å². The molecule has 2 aromatic rings. The minimum atomic E-state index is -0.0179. The van der Waals surface area contributed by atoms with Gasteiger partial charge in [-0.2, -0.15) is 0 Å². The fourth-order valence-corrected chi connectivity index (χ4v) is 3.71. The Bertz CT molecular complexity index is 772. The second-order valence-corrected chi connectivity index (χ2v) is 8.23. The summed E-state index contributed by atoms with van der Waals surface area (Å²) in [4.78, 5) is 11.5. The molecular weight excluding hydrogens is 324 g/mol. The number of fused-ring (bicyclic) bond motifs is 1. The Balaban J connectivity index is 1.90. The molecule has 5 heteroatoms. The van der Waals surface area contributed by atoms with Crippen molar-refractivity contribution in [2.45, 2.75) is 52.6 Å². The van der Waals surface area contributed by atoms with E-state index in [1.807, 2.05) is 13.0 Å². The number of aliphatic hydroxyl groups excluding tert-OH is 1. The molecule has 0 spiro atoms. The molecule has 0 saturated heterocycles. The number of hydrogen-bond acceptors (Lipinski definition) is 5. The Morgan fingerprint density at radius 3 is 2.65 bits per heavy atom. The highest BCUT2D eigenvalue weighted by atomic mass is 16.3. The van der Waals surface area contributed by atoms with Crippen molar-refractivity contribution in [2.75, 3.05) is 23.4 Å². The summed E-state index contributed by atoms with van der Waals surface area (Å²) < 4.78 is 0. The normalized spacial score (nSPS) is 17.1. The second kappa shape index (κ2) is 7.23. The highest BCUT2D eigenvalue weighted by Crippen LogP contribution is 2.35. The van der Waals surface area contributed by atoms with Crippen LogP contribution in [-0.2, 0) is 12.0 Å². The first-order valence-electron chi connectivity index (χ1n) is 9.36. The van der Waals surface area contributed by atoms with E-state index < -0.39 is 0 Å². The van der Waals surface area contributed by atoms with Crippen LogP contribution in [0.5, 0.6) is 0 Å². The lowest BCUT2D eigenvalue weighted by atomic mass is 9.78. The quantitative estimate of drug-likeness (QED) is 0.860. The average Bonchev–Trinajstić information content (AvgIpc) is 2.58. The summed E-state index contributed by atoms with van der Waals surface area (Å²) in [6, 6.07) is 10.6. The van der Waals surface area contributed by atoms with Crippen LogP contribution in [0.2, 0.25) is 0 Å². The van der Waals surface area contributed by atoms with Gasteiger partial charge < -0.3 is 15.3 Å². The first kappa shape index (κ1) is 18.6. The molecule has 1 aromatic heterocycles. The van der Waals surface area contributed by atoms with Crippen LogP contribution in [0.15, 0.2) is 30.3 Å². The van der Waals surface area contributed by atoms with E-state index in [1.54, 1.807) is 0 Å². The van der Waals surface area contributed by atoms with Gasteiger partial charge in [0.25, 0.3) is 0 Å². The minimum Gasteiger partial charge on any atom is -0.394 e. The van der Waals surface area contributed by atoms with Gasteiger partial charge in [-0.3, -0.25) is 0 Å². The molecule has 1 aliphatic heterocycles. The first-order valence-corrected chi connectivity index (χ1v) is 9.36. The minimum absolute atomic E-state index is 0.0179. The summed E-state index contributed by atoms with van der Waals surface area (Å²) in [5, 5.41) is 13.0. The number of aryl methyl sites for hydroxylation is 1. The number of aromatic nitrogens is 2. The molecule has 2 heterocycles. The Morgan fingerprint density at radius 2 is 1.96 bits per heavy atom. The number of nitrogens with one attached hydrogen (secondary N) is 1. The number of aliphatic hydroxyl groups is 1. The smallest absolute Gasteiger partial charge is 0.134 e. The van der Waals surface area contributed by atoms with E-state index in [4.69, 9.17) is 0 Å². The molecule has 140 valence electrons. The Kier molecular flexibility index (Phi) is 5.19. The van der Waals surface area contributed by atoms with Crippen LogP contribution in [0, 0.1) is 12.8 Å². The Hall–Kier alpha value is -2.14. The molecule has 0 unspecified atom stereocenters. The third kappa shape index (κ3) is 3.83. The number of rotatable bonds is 5. The molecule has 1 atom stereocenters. The summed E-state index contributed by atoms with van der Waals surface area (Å²) in [5.74, 6) is 2.77. The van der Waals surface area contributed by atoms with Gasteiger partial charge in [-0.15, -0.1) is 0 Å². The maximum atomic E-state index is 9.61. The van der Waals surface area contributed by atoms with Crippen molar-refractivity contribution in [3.05, 3.63) is 47.3 Å². The maximum absolute atomic E-state index is 9.61. The van der Waals surface area contributed by atoms with Crippen molar-refractivity contribution in [1.82, 2.24) is 9.97 Å². The molecule has 1 aromatic carbocycles. The third-order valence-electron chi connectivity index (χ3n) is 5.18. The van der Waals surface area contributed by atoms with Crippen molar-refractivity contribution in [3.63, 3.8) is 0 Å². The van der Waals surface area contributed by atoms with E-state index in [-0.39, 0.29) is 18.1 Å². The highest BCUT2D eigenvalue weighted by molar-refractivity contribution is 5.53.